The molecule has 0 fully saturated rings. The summed E-state index contributed by atoms with van der Waals surface area (Å²) in [6, 6.07) is 3.72. The van der Waals surface area contributed by atoms with Crippen LogP contribution in [0.15, 0.2) is 12.1 Å². The SMILES string of the molecule is CC(C)(C)c1nc2cc(Cl)c(N)cc2s1. The lowest BCUT2D eigenvalue weighted by molar-refractivity contribution is 0.587. The number of aromatic nitrogens is 1. The molecule has 0 saturated carbocycles. The highest BCUT2D eigenvalue weighted by atomic mass is 35.5. The Kier molecular flexibility index (Phi) is 2.40. The zero-order chi connectivity index (χ0) is 11.2. The van der Waals surface area contributed by atoms with Crippen molar-refractivity contribution in [3.05, 3.63) is 22.2 Å². The first-order valence-electron chi connectivity index (χ1n) is 4.74. The fourth-order valence-corrected chi connectivity index (χ4v) is 2.50. The molecule has 1 heterocycles. The van der Waals surface area contributed by atoms with Gasteiger partial charge in [0.1, 0.15) is 0 Å². The van der Waals surface area contributed by atoms with Gasteiger partial charge in [-0.25, -0.2) is 4.98 Å². The number of rotatable bonds is 0. The third-order valence-corrected chi connectivity index (χ3v) is 3.92. The van der Waals surface area contributed by atoms with E-state index in [1.54, 1.807) is 11.3 Å². The Hall–Kier alpha value is -0.800. The number of nitrogens with zero attached hydrogens (tertiary/aromatic N) is 1. The van der Waals surface area contributed by atoms with Crippen LogP contribution in [0.4, 0.5) is 5.69 Å². The molecule has 0 atom stereocenters. The highest BCUT2D eigenvalue weighted by Crippen LogP contribution is 2.34. The first kappa shape index (κ1) is 10.7. The maximum absolute atomic E-state index is 5.95. The molecule has 1 aromatic carbocycles. The molecule has 0 bridgehead atoms. The average molecular weight is 241 g/mol. The summed E-state index contributed by atoms with van der Waals surface area (Å²) in [5, 5.41) is 1.69. The Bertz CT molecular complexity index is 472. The summed E-state index contributed by atoms with van der Waals surface area (Å²) in [6.07, 6.45) is 0. The molecule has 0 amide bonds. The number of nitrogens with two attached hydrogens (primary N) is 1. The molecule has 2 aromatic rings. The van der Waals surface area contributed by atoms with Crippen LogP contribution in [0, 0.1) is 0 Å². The van der Waals surface area contributed by atoms with Gasteiger partial charge in [0.05, 0.1) is 25.9 Å². The lowest BCUT2D eigenvalue weighted by atomic mass is 9.98. The smallest absolute Gasteiger partial charge is 0.0992 e. The van der Waals surface area contributed by atoms with Crippen LogP contribution in [0.5, 0.6) is 0 Å². The van der Waals surface area contributed by atoms with E-state index in [4.69, 9.17) is 17.3 Å². The first-order valence-corrected chi connectivity index (χ1v) is 5.93. The van der Waals surface area contributed by atoms with Gasteiger partial charge in [0.2, 0.25) is 0 Å². The number of benzene rings is 1. The molecular formula is C11H13ClN2S. The van der Waals surface area contributed by atoms with Crippen LogP contribution in [-0.4, -0.2) is 4.98 Å². The van der Waals surface area contributed by atoms with Gasteiger partial charge in [-0.2, -0.15) is 0 Å². The van der Waals surface area contributed by atoms with Crippen LogP contribution in [0.1, 0.15) is 25.8 Å². The molecule has 2 N–H and O–H groups in total. The van der Waals surface area contributed by atoms with E-state index in [1.165, 1.54) is 0 Å². The molecule has 0 unspecified atom stereocenters. The van der Waals surface area contributed by atoms with Crippen molar-refractivity contribution in [3.8, 4) is 0 Å². The van der Waals surface area contributed by atoms with Crippen molar-refractivity contribution >= 4 is 38.8 Å². The van der Waals surface area contributed by atoms with Crippen molar-refractivity contribution < 1.29 is 0 Å². The summed E-state index contributed by atoms with van der Waals surface area (Å²) >= 11 is 7.63. The average Bonchev–Trinajstić information content (AvgIpc) is 2.47. The van der Waals surface area contributed by atoms with E-state index in [0.717, 1.165) is 15.2 Å². The molecular weight excluding hydrogens is 228 g/mol. The Morgan fingerprint density at radius 1 is 1.33 bits per heavy atom. The molecule has 0 aliphatic carbocycles. The van der Waals surface area contributed by atoms with E-state index in [2.05, 4.69) is 25.8 Å². The summed E-state index contributed by atoms with van der Waals surface area (Å²) < 4.78 is 1.10. The Morgan fingerprint density at radius 3 is 2.60 bits per heavy atom. The van der Waals surface area contributed by atoms with Gasteiger partial charge >= 0.3 is 0 Å². The number of anilines is 1. The molecule has 0 aliphatic heterocycles. The Labute approximate surface area is 98.1 Å². The van der Waals surface area contributed by atoms with E-state index < -0.39 is 0 Å². The minimum atomic E-state index is 0.0743. The minimum Gasteiger partial charge on any atom is -0.397 e. The van der Waals surface area contributed by atoms with E-state index in [1.807, 2.05) is 12.1 Å². The maximum Gasteiger partial charge on any atom is 0.0992 e. The van der Waals surface area contributed by atoms with Crippen LogP contribution in [0.2, 0.25) is 5.02 Å². The zero-order valence-electron chi connectivity index (χ0n) is 8.97. The number of hydrogen-bond donors (Lipinski definition) is 1. The van der Waals surface area contributed by atoms with Gasteiger partial charge < -0.3 is 5.73 Å². The van der Waals surface area contributed by atoms with E-state index in [0.29, 0.717) is 10.7 Å². The maximum atomic E-state index is 5.95. The summed E-state index contributed by atoms with van der Waals surface area (Å²) in [5.41, 5.74) is 7.38. The lowest BCUT2D eigenvalue weighted by Crippen LogP contribution is -2.09. The summed E-state index contributed by atoms with van der Waals surface area (Å²) in [5.74, 6) is 0. The van der Waals surface area contributed by atoms with E-state index in [-0.39, 0.29) is 5.41 Å². The minimum absolute atomic E-state index is 0.0743. The second-order valence-electron chi connectivity index (χ2n) is 4.61. The van der Waals surface area contributed by atoms with Gasteiger partial charge in [0.15, 0.2) is 0 Å². The van der Waals surface area contributed by atoms with Crippen molar-refractivity contribution in [2.45, 2.75) is 26.2 Å². The summed E-state index contributed by atoms with van der Waals surface area (Å²) in [6.45, 7) is 6.45. The third-order valence-electron chi connectivity index (χ3n) is 2.15. The van der Waals surface area contributed by atoms with Gasteiger partial charge in [-0.3, -0.25) is 0 Å². The van der Waals surface area contributed by atoms with Gasteiger partial charge in [-0.15, -0.1) is 11.3 Å². The van der Waals surface area contributed by atoms with Crippen molar-refractivity contribution in [3.63, 3.8) is 0 Å². The predicted octanol–water partition coefficient (Wildman–Crippen LogP) is 3.83. The molecule has 0 radical (unpaired) electrons. The third kappa shape index (κ3) is 1.94. The van der Waals surface area contributed by atoms with Crippen molar-refractivity contribution in [1.82, 2.24) is 4.98 Å². The van der Waals surface area contributed by atoms with Crippen molar-refractivity contribution in [2.75, 3.05) is 5.73 Å². The largest absolute Gasteiger partial charge is 0.397 e. The Morgan fingerprint density at radius 2 is 2.00 bits per heavy atom. The van der Waals surface area contributed by atoms with Crippen LogP contribution < -0.4 is 5.73 Å². The topological polar surface area (TPSA) is 38.9 Å². The predicted molar refractivity (Wildman–Crippen MR) is 67.7 cm³/mol. The lowest BCUT2D eigenvalue weighted by Gasteiger charge is -2.13. The number of halogens is 1. The normalized spacial score (nSPS) is 12.3. The van der Waals surface area contributed by atoms with Crippen LogP contribution in [-0.2, 0) is 5.41 Å². The summed E-state index contributed by atoms with van der Waals surface area (Å²) in [7, 11) is 0. The van der Waals surface area contributed by atoms with Gasteiger partial charge in [-0.05, 0) is 12.1 Å². The number of hydrogen-bond acceptors (Lipinski definition) is 3. The highest BCUT2D eigenvalue weighted by Gasteiger charge is 2.19. The van der Waals surface area contributed by atoms with Crippen LogP contribution in [0.3, 0.4) is 0 Å². The molecule has 80 valence electrons. The Balaban J connectivity index is 2.66. The second kappa shape index (κ2) is 3.35. The molecule has 1 aromatic heterocycles. The fourth-order valence-electron chi connectivity index (χ4n) is 1.28. The zero-order valence-corrected chi connectivity index (χ0v) is 10.5. The monoisotopic (exact) mass is 240 g/mol. The highest BCUT2D eigenvalue weighted by molar-refractivity contribution is 7.18. The van der Waals surface area contributed by atoms with Crippen molar-refractivity contribution in [1.29, 1.82) is 0 Å². The molecule has 2 rings (SSSR count). The quantitative estimate of drug-likeness (QED) is 0.711. The molecule has 0 spiro atoms. The van der Waals surface area contributed by atoms with Crippen LogP contribution >= 0.6 is 22.9 Å². The first-order chi connectivity index (χ1) is 6.88. The van der Waals surface area contributed by atoms with E-state index >= 15 is 0 Å². The van der Waals surface area contributed by atoms with Crippen LogP contribution in [0.25, 0.3) is 10.2 Å². The standard InChI is InChI=1S/C11H13ClN2S/c1-11(2,3)10-14-8-4-6(12)7(13)5-9(8)15-10/h4-5H,13H2,1-3H3. The second-order valence-corrected chi connectivity index (χ2v) is 6.05. The molecule has 4 heteroatoms. The van der Waals surface area contributed by atoms with E-state index in [9.17, 15) is 0 Å². The van der Waals surface area contributed by atoms with Gasteiger partial charge in [-0.1, -0.05) is 32.4 Å². The molecule has 0 saturated heterocycles. The summed E-state index contributed by atoms with van der Waals surface area (Å²) in [4.78, 5) is 4.56. The number of fused-ring (bicyclic) bond motifs is 1. The van der Waals surface area contributed by atoms with Crippen molar-refractivity contribution in [2.24, 2.45) is 0 Å². The molecule has 2 nitrogen and oxygen atoms in total. The number of thiazole rings is 1. The number of nitrogen functional groups attached to an aromatic ring is 1. The molecule has 0 aliphatic rings. The van der Waals surface area contributed by atoms with Gasteiger partial charge in [0.25, 0.3) is 0 Å². The van der Waals surface area contributed by atoms with Gasteiger partial charge in [0, 0.05) is 5.41 Å². The molecule has 15 heavy (non-hydrogen) atoms. The fraction of sp³-hybridized carbons (Fsp3) is 0.364.